The fourth-order valence-electron chi connectivity index (χ4n) is 2.04. The van der Waals surface area contributed by atoms with E-state index in [1.54, 1.807) is 6.20 Å². The van der Waals surface area contributed by atoms with Crippen molar-refractivity contribution in [3.05, 3.63) is 11.3 Å². The number of hydrogen-bond acceptors (Lipinski definition) is 5. The van der Waals surface area contributed by atoms with Crippen LogP contribution in [0.25, 0.3) is 11.0 Å². The Labute approximate surface area is 107 Å². The normalized spacial score (nSPS) is 20.0. The van der Waals surface area contributed by atoms with Gasteiger partial charge >= 0.3 is 0 Å². The minimum Gasteiger partial charge on any atom is -0.330 e. The molecule has 0 radical (unpaired) electrons. The van der Waals surface area contributed by atoms with Gasteiger partial charge in [0.25, 0.3) is 0 Å². The molecule has 0 aliphatic carbocycles. The van der Waals surface area contributed by atoms with Gasteiger partial charge in [0.2, 0.25) is 11.9 Å². The number of halogens is 1. The highest BCUT2D eigenvalue weighted by atomic mass is 35.5. The second-order valence-electron chi connectivity index (χ2n) is 4.26. The monoisotopic (exact) mass is 266 g/mol. The highest BCUT2D eigenvalue weighted by Crippen LogP contribution is 2.25. The summed E-state index contributed by atoms with van der Waals surface area (Å²) >= 11 is 6.03. The Morgan fingerprint density at radius 3 is 3.11 bits per heavy atom. The number of carbonyl (C=O) groups is 1. The van der Waals surface area contributed by atoms with E-state index in [9.17, 15) is 4.79 Å². The van der Waals surface area contributed by atoms with E-state index in [1.807, 2.05) is 0 Å². The van der Waals surface area contributed by atoms with E-state index in [2.05, 4.69) is 20.2 Å². The van der Waals surface area contributed by atoms with Crippen LogP contribution in [0.4, 0.5) is 5.95 Å². The van der Waals surface area contributed by atoms with Crippen molar-refractivity contribution >= 4 is 34.5 Å². The van der Waals surface area contributed by atoms with E-state index >= 15 is 0 Å². The van der Waals surface area contributed by atoms with Gasteiger partial charge in [0, 0.05) is 13.0 Å². The third-order valence-electron chi connectivity index (χ3n) is 3.03. The fourth-order valence-corrected chi connectivity index (χ4v) is 2.26. The minimum absolute atomic E-state index is 0.0274. The highest BCUT2D eigenvalue weighted by molar-refractivity contribution is 6.34. The zero-order chi connectivity index (χ0) is 12.7. The lowest BCUT2D eigenvalue weighted by Gasteiger charge is -2.14. The van der Waals surface area contributed by atoms with Crippen LogP contribution in [0.5, 0.6) is 0 Å². The number of fused-ring (bicyclic) bond motifs is 1. The molecule has 1 aliphatic rings. The maximum Gasteiger partial charge on any atom is 0.235 e. The molecule has 0 saturated carbocycles. The first-order chi connectivity index (χ1) is 8.69. The molecule has 1 saturated heterocycles. The van der Waals surface area contributed by atoms with Crippen LogP contribution < -0.4 is 10.6 Å². The number of anilines is 1. The number of carbonyl (C=O) groups excluding carboxylic acids is 1. The number of H-pyrrole nitrogens is 1. The van der Waals surface area contributed by atoms with E-state index in [4.69, 9.17) is 17.3 Å². The van der Waals surface area contributed by atoms with Gasteiger partial charge in [0.15, 0.2) is 5.65 Å². The molecule has 1 amide bonds. The molecule has 1 unspecified atom stereocenters. The van der Waals surface area contributed by atoms with Crippen LogP contribution in [-0.4, -0.2) is 39.2 Å². The van der Waals surface area contributed by atoms with Crippen molar-refractivity contribution < 1.29 is 4.79 Å². The number of nitrogens with zero attached hydrogens (tertiary/aromatic N) is 4. The van der Waals surface area contributed by atoms with E-state index < -0.39 is 0 Å². The Balaban J connectivity index is 2.01. The number of aromatic nitrogens is 4. The van der Waals surface area contributed by atoms with Crippen molar-refractivity contribution in [1.82, 2.24) is 20.2 Å². The van der Waals surface area contributed by atoms with Crippen molar-refractivity contribution in [3.8, 4) is 0 Å². The van der Waals surface area contributed by atoms with Crippen molar-refractivity contribution in [2.45, 2.75) is 6.42 Å². The Hall–Kier alpha value is -1.73. The summed E-state index contributed by atoms with van der Waals surface area (Å²) in [4.78, 5) is 21.7. The number of nitrogens with one attached hydrogen (secondary N) is 1. The summed E-state index contributed by atoms with van der Waals surface area (Å²) in [6.45, 7) is 1.01. The molecule has 8 heteroatoms. The zero-order valence-electron chi connectivity index (χ0n) is 9.43. The SMILES string of the molecule is NCC1CC(=O)N(c2nc(Cl)c3cn[nH]c3n2)C1. The standard InChI is InChI=1S/C10H11ClN6O/c11-8-6-3-13-16-9(6)15-10(14-8)17-4-5(2-12)1-7(17)18/h3,5H,1-2,4,12H2,(H,13,14,15,16). The number of amides is 1. The summed E-state index contributed by atoms with van der Waals surface area (Å²) in [7, 11) is 0. The molecule has 1 fully saturated rings. The largest absolute Gasteiger partial charge is 0.330 e. The van der Waals surface area contributed by atoms with Gasteiger partial charge in [-0.1, -0.05) is 11.6 Å². The van der Waals surface area contributed by atoms with Crippen molar-refractivity contribution in [3.63, 3.8) is 0 Å². The van der Waals surface area contributed by atoms with Gasteiger partial charge < -0.3 is 5.73 Å². The van der Waals surface area contributed by atoms with Gasteiger partial charge in [-0.3, -0.25) is 14.8 Å². The third kappa shape index (κ3) is 1.72. The molecule has 7 nitrogen and oxygen atoms in total. The lowest BCUT2D eigenvalue weighted by molar-refractivity contribution is -0.117. The number of rotatable bonds is 2. The number of hydrogen-bond donors (Lipinski definition) is 2. The van der Waals surface area contributed by atoms with Gasteiger partial charge in [0.05, 0.1) is 11.6 Å². The van der Waals surface area contributed by atoms with Gasteiger partial charge in [0.1, 0.15) is 5.15 Å². The summed E-state index contributed by atoms with van der Waals surface area (Å²) < 4.78 is 0. The van der Waals surface area contributed by atoms with Crippen molar-refractivity contribution in [2.75, 3.05) is 18.0 Å². The second-order valence-corrected chi connectivity index (χ2v) is 4.61. The van der Waals surface area contributed by atoms with Crippen LogP contribution in [0.1, 0.15) is 6.42 Å². The van der Waals surface area contributed by atoms with Gasteiger partial charge in [-0.25, -0.2) is 0 Å². The molecule has 1 atom stereocenters. The predicted molar refractivity (Wildman–Crippen MR) is 66.2 cm³/mol. The van der Waals surface area contributed by atoms with Crippen LogP contribution in [-0.2, 0) is 4.79 Å². The third-order valence-corrected chi connectivity index (χ3v) is 3.32. The summed E-state index contributed by atoms with van der Waals surface area (Å²) in [5.41, 5.74) is 6.10. The van der Waals surface area contributed by atoms with Crippen LogP contribution in [0, 0.1) is 5.92 Å². The maximum atomic E-state index is 11.9. The molecule has 3 N–H and O–H groups in total. The molecule has 2 aromatic rings. The Bertz CT molecular complexity index is 611. The van der Waals surface area contributed by atoms with Crippen LogP contribution >= 0.6 is 11.6 Å². The Morgan fingerprint density at radius 2 is 2.39 bits per heavy atom. The molecule has 0 bridgehead atoms. The summed E-state index contributed by atoms with van der Waals surface area (Å²) in [6, 6.07) is 0. The van der Waals surface area contributed by atoms with E-state index in [0.717, 1.165) is 0 Å². The van der Waals surface area contributed by atoms with Crippen LogP contribution in [0.2, 0.25) is 5.15 Å². The molecule has 94 valence electrons. The number of aromatic amines is 1. The molecule has 18 heavy (non-hydrogen) atoms. The highest BCUT2D eigenvalue weighted by Gasteiger charge is 2.31. The quantitative estimate of drug-likeness (QED) is 0.762. The molecule has 2 aromatic heterocycles. The smallest absolute Gasteiger partial charge is 0.235 e. The fraction of sp³-hybridized carbons (Fsp3) is 0.400. The first-order valence-corrected chi connectivity index (χ1v) is 5.94. The average Bonchev–Trinajstić information content (AvgIpc) is 2.95. The minimum atomic E-state index is -0.0274. The molecular weight excluding hydrogens is 256 g/mol. The Kier molecular flexibility index (Phi) is 2.64. The Morgan fingerprint density at radius 1 is 1.56 bits per heavy atom. The molecule has 3 rings (SSSR count). The van der Waals surface area contributed by atoms with Gasteiger partial charge in [-0.2, -0.15) is 15.1 Å². The van der Waals surface area contributed by atoms with Gasteiger partial charge in [-0.15, -0.1) is 0 Å². The second kappa shape index (κ2) is 4.18. The maximum absolute atomic E-state index is 11.9. The molecule has 3 heterocycles. The van der Waals surface area contributed by atoms with Crippen LogP contribution in [0.3, 0.4) is 0 Å². The summed E-state index contributed by atoms with van der Waals surface area (Å²) in [6.07, 6.45) is 1.98. The summed E-state index contributed by atoms with van der Waals surface area (Å²) in [5.74, 6) is 0.426. The van der Waals surface area contributed by atoms with Gasteiger partial charge in [-0.05, 0) is 12.5 Å². The van der Waals surface area contributed by atoms with Crippen molar-refractivity contribution in [2.24, 2.45) is 11.7 Å². The summed E-state index contributed by atoms with van der Waals surface area (Å²) in [5, 5.41) is 7.49. The topological polar surface area (TPSA) is 101 Å². The first kappa shape index (κ1) is 11.4. The lowest BCUT2D eigenvalue weighted by atomic mass is 10.1. The average molecular weight is 267 g/mol. The number of nitrogens with two attached hydrogens (primary N) is 1. The molecular formula is C10H11ClN6O. The zero-order valence-corrected chi connectivity index (χ0v) is 10.2. The van der Waals surface area contributed by atoms with E-state index in [1.165, 1.54) is 4.90 Å². The van der Waals surface area contributed by atoms with Crippen molar-refractivity contribution in [1.29, 1.82) is 0 Å². The predicted octanol–water partition coefficient (Wildman–Crippen LogP) is 0.318. The first-order valence-electron chi connectivity index (χ1n) is 5.56. The van der Waals surface area contributed by atoms with E-state index in [-0.39, 0.29) is 17.0 Å². The molecule has 0 spiro atoms. The van der Waals surface area contributed by atoms with E-state index in [0.29, 0.717) is 36.5 Å². The molecule has 1 aliphatic heterocycles. The lowest BCUT2D eigenvalue weighted by Crippen LogP contribution is -2.27. The molecule has 0 aromatic carbocycles. The van der Waals surface area contributed by atoms with Crippen LogP contribution in [0.15, 0.2) is 6.20 Å².